The highest BCUT2D eigenvalue weighted by atomic mass is 15.0. The van der Waals surface area contributed by atoms with Gasteiger partial charge in [-0.1, -0.05) is 18.2 Å². The first-order valence-electron chi connectivity index (χ1n) is 6.91. The van der Waals surface area contributed by atoms with Gasteiger partial charge in [-0.25, -0.2) is 15.0 Å². The number of H-pyrrole nitrogens is 1. The number of fused-ring (bicyclic) bond motifs is 2. The Morgan fingerprint density at radius 1 is 0.810 bits per heavy atom. The van der Waals surface area contributed by atoms with Gasteiger partial charge in [0, 0.05) is 0 Å². The van der Waals surface area contributed by atoms with E-state index in [-0.39, 0.29) is 0 Å². The standard InChI is InChI=1S/C17H14N4/c1-10-7-8-14-15(9-10)21-17(20-14)16-11(2)18-12-5-3-4-6-13(12)19-16/h3-9H,1-2H3,(H,20,21). The van der Waals surface area contributed by atoms with Crippen LogP contribution in [-0.4, -0.2) is 19.9 Å². The zero-order valence-corrected chi connectivity index (χ0v) is 11.9. The van der Waals surface area contributed by atoms with Crippen molar-refractivity contribution in [3.63, 3.8) is 0 Å². The summed E-state index contributed by atoms with van der Waals surface area (Å²) in [7, 11) is 0. The van der Waals surface area contributed by atoms with E-state index in [1.165, 1.54) is 5.56 Å². The van der Waals surface area contributed by atoms with Crippen LogP contribution in [-0.2, 0) is 0 Å². The third-order valence-corrected chi connectivity index (χ3v) is 3.61. The Balaban J connectivity index is 1.96. The Morgan fingerprint density at radius 2 is 1.57 bits per heavy atom. The van der Waals surface area contributed by atoms with Gasteiger partial charge in [-0.05, 0) is 43.7 Å². The van der Waals surface area contributed by atoms with Crippen molar-refractivity contribution >= 4 is 22.1 Å². The molecule has 0 amide bonds. The minimum absolute atomic E-state index is 0.770. The third-order valence-electron chi connectivity index (χ3n) is 3.61. The number of nitrogens with one attached hydrogen (secondary N) is 1. The van der Waals surface area contributed by atoms with Crippen LogP contribution in [0, 0.1) is 13.8 Å². The fourth-order valence-electron chi connectivity index (χ4n) is 2.55. The normalized spacial score (nSPS) is 11.3. The number of aromatic amines is 1. The van der Waals surface area contributed by atoms with Gasteiger partial charge in [-0.2, -0.15) is 0 Å². The second-order valence-electron chi connectivity index (χ2n) is 5.25. The monoisotopic (exact) mass is 274 g/mol. The fourth-order valence-corrected chi connectivity index (χ4v) is 2.55. The summed E-state index contributed by atoms with van der Waals surface area (Å²) in [6.45, 7) is 4.04. The summed E-state index contributed by atoms with van der Waals surface area (Å²) in [4.78, 5) is 17.3. The van der Waals surface area contributed by atoms with Crippen LogP contribution in [0.1, 0.15) is 11.3 Å². The molecule has 0 bridgehead atoms. The smallest absolute Gasteiger partial charge is 0.159 e. The van der Waals surface area contributed by atoms with Gasteiger partial charge in [0.1, 0.15) is 5.69 Å². The van der Waals surface area contributed by atoms with E-state index in [1.807, 2.05) is 37.3 Å². The van der Waals surface area contributed by atoms with Crippen molar-refractivity contribution in [2.24, 2.45) is 0 Å². The highest BCUT2D eigenvalue weighted by molar-refractivity contribution is 5.82. The van der Waals surface area contributed by atoms with Crippen LogP contribution < -0.4 is 0 Å². The molecule has 4 aromatic rings. The Bertz CT molecular complexity index is 969. The first-order chi connectivity index (χ1) is 10.2. The highest BCUT2D eigenvalue weighted by Crippen LogP contribution is 2.23. The molecule has 0 aliphatic heterocycles. The molecule has 2 aromatic heterocycles. The zero-order valence-electron chi connectivity index (χ0n) is 11.9. The minimum Gasteiger partial charge on any atom is -0.337 e. The lowest BCUT2D eigenvalue weighted by Gasteiger charge is -2.03. The molecule has 0 aliphatic carbocycles. The summed E-state index contributed by atoms with van der Waals surface area (Å²) in [5.74, 6) is 0.770. The van der Waals surface area contributed by atoms with Crippen molar-refractivity contribution < 1.29 is 0 Å². The molecule has 4 rings (SSSR count). The van der Waals surface area contributed by atoms with Crippen LogP contribution in [0.2, 0.25) is 0 Å². The largest absolute Gasteiger partial charge is 0.337 e. The summed E-state index contributed by atoms with van der Waals surface area (Å²) in [5.41, 5.74) is 6.66. The summed E-state index contributed by atoms with van der Waals surface area (Å²) < 4.78 is 0. The summed E-state index contributed by atoms with van der Waals surface area (Å²) in [6.07, 6.45) is 0. The third kappa shape index (κ3) is 1.96. The predicted octanol–water partition coefficient (Wildman–Crippen LogP) is 3.79. The average Bonchev–Trinajstić information content (AvgIpc) is 2.89. The Morgan fingerprint density at radius 3 is 2.38 bits per heavy atom. The van der Waals surface area contributed by atoms with Gasteiger partial charge in [0.05, 0.1) is 27.8 Å². The molecule has 0 radical (unpaired) electrons. The summed E-state index contributed by atoms with van der Waals surface area (Å²) in [5, 5.41) is 0. The molecule has 4 heteroatoms. The second kappa shape index (κ2) is 4.38. The number of aromatic nitrogens is 4. The van der Waals surface area contributed by atoms with Crippen molar-refractivity contribution in [1.29, 1.82) is 0 Å². The summed E-state index contributed by atoms with van der Waals surface area (Å²) in [6, 6.07) is 14.1. The van der Waals surface area contributed by atoms with E-state index in [1.54, 1.807) is 0 Å². The topological polar surface area (TPSA) is 54.5 Å². The second-order valence-corrected chi connectivity index (χ2v) is 5.25. The Hall–Kier alpha value is -2.75. The van der Waals surface area contributed by atoms with E-state index in [0.717, 1.165) is 39.3 Å². The van der Waals surface area contributed by atoms with Crippen LogP contribution in [0.3, 0.4) is 0 Å². The van der Waals surface area contributed by atoms with Gasteiger partial charge >= 0.3 is 0 Å². The molecular weight excluding hydrogens is 260 g/mol. The van der Waals surface area contributed by atoms with Crippen molar-refractivity contribution in [2.45, 2.75) is 13.8 Å². The number of hydrogen-bond donors (Lipinski definition) is 1. The molecule has 0 saturated carbocycles. The molecule has 0 aliphatic rings. The highest BCUT2D eigenvalue weighted by Gasteiger charge is 2.11. The predicted molar refractivity (Wildman–Crippen MR) is 84.1 cm³/mol. The number of imidazole rings is 1. The van der Waals surface area contributed by atoms with E-state index in [4.69, 9.17) is 4.98 Å². The molecule has 0 unspecified atom stereocenters. The SMILES string of the molecule is Cc1ccc2nc(-c3nc4ccccc4nc3C)[nH]c2c1. The Labute approximate surface area is 121 Å². The molecular formula is C17H14N4. The number of rotatable bonds is 1. The molecule has 102 valence electrons. The molecule has 0 atom stereocenters. The molecule has 0 spiro atoms. The number of nitrogens with zero attached hydrogens (tertiary/aromatic N) is 3. The van der Waals surface area contributed by atoms with Crippen LogP contribution in [0.5, 0.6) is 0 Å². The lowest BCUT2D eigenvalue weighted by Crippen LogP contribution is -1.95. The van der Waals surface area contributed by atoms with Gasteiger partial charge in [-0.3, -0.25) is 0 Å². The van der Waals surface area contributed by atoms with E-state index >= 15 is 0 Å². The first kappa shape index (κ1) is 12.0. The maximum Gasteiger partial charge on any atom is 0.159 e. The summed E-state index contributed by atoms with van der Waals surface area (Å²) >= 11 is 0. The molecule has 1 N–H and O–H groups in total. The van der Waals surface area contributed by atoms with Crippen molar-refractivity contribution in [3.05, 3.63) is 53.7 Å². The van der Waals surface area contributed by atoms with E-state index in [9.17, 15) is 0 Å². The lowest BCUT2D eigenvalue weighted by atomic mass is 10.2. The fraction of sp³-hybridized carbons (Fsp3) is 0.118. The zero-order chi connectivity index (χ0) is 14.4. The van der Waals surface area contributed by atoms with Crippen molar-refractivity contribution in [2.75, 3.05) is 0 Å². The molecule has 2 aromatic carbocycles. The van der Waals surface area contributed by atoms with Crippen LogP contribution in [0.25, 0.3) is 33.6 Å². The molecule has 2 heterocycles. The number of hydrogen-bond acceptors (Lipinski definition) is 3. The van der Waals surface area contributed by atoms with Gasteiger partial charge in [-0.15, -0.1) is 0 Å². The minimum atomic E-state index is 0.770. The van der Waals surface area contributed by atoms with Crippen LogP contribution >= 0.6 is 0 Å². The lowest BCUT2D eigenvalue weighted by molar-refractivity contribution is 1.15. The molecule has 21 heavy (non-hydrogen) atoms. The van der Waals surface area contributed by atoms with Crippen molar-refractivity contribution in [1.82, 2.24) is 19.9 Å². The Kier molecular flexibility index (Phi) is 2.51. The maximum absolute atomic E-state index is 4.71. The van der Waals surface area contributed by atoms with E-state index < -0.39 is 0 Å². The number of para-hydroxylation sites is 2. The van der Waals surface area contributed by atoms with Gasteiger partial charge in [0.25, 0.3) is 0 Å². The van der Waals surface area contributed by atoms with Gasteiger partial charge in [0.15, 0.2) is 5.82 Å². The maximum atomic E-state index is 4.71. The van der Waals surface area contributed by atoms with Crippen LogP contribution in [0.4, 0.5) is 0 Å². The van der Waals surface area contributed by atoms with E-state index in [2.05, 4.69) is 34.0 Å². The molecule has 4 nitrogen and oxygen atoms in total. The number of aryl methyl sites for hydroxylation is 2. The van der Waals surface area contributed by atoms with Crippen LogP contribution in [0.15, 0.2) is 42.5 Å². The first-order valence-corrected chi connectivity index (χ1v) is 6.91. The van der Waals surface area contributed by atoms with E-state index in [0.29, 0.717) is 0 Å². The molecule has 0 saturated heterocycles. The molecule has 0 fully saturated rings. The number of benzene rings is 2. The quantitative estimate of drug-likeness (QED) is 0.574. The van der Waals surface area contributed by atoms with Gasteiger partial charge < -0.3 is 4.98 Å². The van der Waals surface area contributed by atoms with Crippen molar-refractivity contribution in [3.8, 4) is 11.5 Å². The van der Waals surface area contributed by atoms with Gasteiger partial charge in [0.2, 0.25) is 0 Å². The average molecular weight is 274 g/mol.